The van der Waals surface area contributed by atoms with Gasteiger partial charge in [-0.25, -0.2) is 14.6 Å². The molecule has 2 aromatic rings. The van der Waals surface area contributed by atoms with E-state index in [9.17, 15) is 0 Å². The quantitative estimate of drug-likeness (QED) is 0.676. The van der Waals surface area contributed by atoms with E-state index in [1.54, 1.807) is 4.68 Å². The molecule has 0 fully saturated rings. The van der Waals surface area contributed by atoms with Gasteiger partial charge in [0.1, 0.15) is 10.9 Å². The van der Waals surface area contributed by atoms with Crippen LogP contribution in [0.2, 0.25) is 0 Å². The van der Waals surface area contributed by atoms with Crippen LogP contribution in [0.4, 0.5) is 0 Å². The molecule has 2 N–H and O–H groups in total. The summed E-state index contributed by atoms with van der Waals surface area (Å²) in [5, 5.41) is 10.1. The van der Waals surface area contributed by atoms with Crippen LogP contribution < -0.4 is 5.84 Å². The van der Waals surface area contributed by atoms with Crippen LogP contribution in [-0.4, -0.2) is 24.8 Å². The van der Waals surface area contributed by atoms with Gasteiger partial charge in [-0.3, -0.25) is 0 Å². The SMILES string of the molecule is Cc1nc2c(c(Sc3nnc(C(C)(C)C)n3N)n1)CCCC2. The number of nitrogens with zero attached hydrogens (tertiary/aromatic N) is 5. The number of rotatable bonds is 2. The van der Waals surface area contributed by atoms with Crippen molar-refractivity contribution in [2.24, 2.45) is 0 Å². The predicted octanol–water partition coefficient (Wildman–Crippen LogP) is 2.42. The molecule has 0 saturated carbocycles. The maximum Gasteiger partial charge on any atom is 0.216 e. The lowest BCUT2D eigenvalue weighted by Crippen LogP contribution is -2.24. The molecular formula is C15H22N6S. The number of nitrogen functional groups attached to an aromatic ring is 1. The molecule has 0 atom stereocenters. The largest absolute Gasteiger partial charge is 0.336 e. The molecular weight excluding hydrogens is 296 g/mol. The number of fused-ring (bicyclic) bond motifs is 1. The first-order valence-corrected chi connectivity index (χ1v) is 8.43. The van der Waals surface area contributed by atoms with Gasteiger partial charge in [-0.05, 0) is 44.4 Å². The zero-order chi connectivity index (χ0) is 15.9. The number of hydrogen-bond acceptors (Lipinski definition) is 6. The Bertz CT molecular complexity index is 701. The average Bonchev–Trinajstić information content (AvgIpc) is 2.80. The van der Waals surface area contributed by atoms with Crippen LogP contribution in [0, 0.1) is 6.92 Å². The van der Waals surface area contributed by atoms with Gasteiger partial charge in [0.05, 0.1) is 0 Å². The smallest absolute Gasteiger partial charge is 0.216 e. The second-order valence-corrected chi connectivity index (χ2v) is 7.69. The van der Waals surface area contributed by atoms with Crippen LogP contribution in [0.1, 0.15) is 56.5 Å². The summed E-state index contributed by atoms with van der Waals surface area (Å²) < 4.78 is 1.58. The minimum Gasteiger partial charge on any atom is -0.336 e. The van der Waals surface area contributed by atoms with Crippen molar-refractivity contribution in [3.8, 4) is 0 Å². The number of hydrogen-bond donors (Lipinski definition) is 1. The Kier molecular flexibility index (Phi) is 3.84. The fraction of sp³-hybridized carbons (Fsp3) is 0.600. The maximum atomic E-state index is 6.18. The van der Waals surface area contributed by atoms with E-state index in [2.05, 4.69) is 40.9 Å². The molecule has 2 heterocycles. The third kappa shape index (κ3) is 2.82. The van der Waals surface area contributed by atoms with Crippen molar-refractivity contribution in [2.45, 2.75) is 69.0 Å². The van der Waals surface area contributed by atoms with Gasteiger partial charge in [0.2, 0.25) is 5.16 Å². The minimum absolute atomic E-state index is 0.137. The normalized spacial score (nSPS) is 14.9. The molecule has 0 amide bonds. The summed E-state index contributed by atoms with van der Waals surface area (Å²) in [7, 11) is 0. The van der Waals surface area contributed by atoms with Crippen LogP contribution in [0.3, 0.4) is 0 Å². The van der Waals surface area contributed by atoms with Gasteiger partial charge in [-0.2, -0.15) is 0 Å². The molecule has 0 saturated heterocycles. The number of nitrogens with two attached hydrogens (primary N) is 1. The molecule has 0 aromatic carbocycles. The monoisotopic (exact) mass is 318 g/mol. The standard InChI is InChI=1S/C15H22N6S/c1-9-17-11-8-6-5-7-10(11)12(18-9)22-14-20-19-13(21(14)16)15(2,3)4/h5-8,16H2,1-4H3. The Morgan fingerprint density at radius 2 is 1.82 bits per heavy atom. The third-order valence-electron chi connectivity index (χ3n) is 3.78. The summed E-state index contributed by atoms with van der Waals surface area (Å²) >= 11 is 1.49. The minimum atomic E-state index is -0.137. The van der Waals surface area contributed by atoms with Gasteiger partial charge in [-0.15, -0.1) is 10.2 Å². The molecule has 3 rings (SSSR count). The fourth-order valence-corrected chi connectivity index (χ4v) is 3.67. The molecule has 0 unspecified atom stereocenters. The molecule has 0 aliphatic heterocycles. The first-order chi connectivity index (χ1) is 10.4. The lowest BCUT2D eigenvalue weighted by atomic mass is 9.96. The van der Waals surface area contributed by atoms with Gasteiger partial charge in [0.25, 0.3) is 0 Å². The van der Waals surface area contributed by atoms with Crippen LogP contribution in [0.5, 0.6) is 0 Å². The molecule has 118 valence electrons. The van der Waals surface area contributed by atoms with E-state index in [1.165, 1.54) is 35.9 Å². The topological polar surface area (TPSA) is 82.5 Å². The Labute approximate surface area is 134 Å². The van der Waals surface area contributed by atoms with Gasteiger partial charge < -0.3 is 5.84 Å². The fourth-order valence-electron chi connectivity index (χ4n) is 2.71. The van der Waals surface area contributed by atoms with Gasteiger partial charge in [-0.1, -0.05) is 20.8 Å². The highest BCUT2D eigenvalue weighted by atomic mass is 32.2. The van der Waals surface area contributed by atoms with Crippen molar-refractivity contribution in [1.82, 2.24) is 24.8 Å². The molecule has 2 aromatic heterocycles. The highest BCUT2D eigenvalue weighted by Crippen LogP contribution is 2.33. The second kappa shape index (κ2) is 5.53. The molecule has 0 radical (unpaired) electrons. The van der Waals surface area contributed by atoms with Gasteiger partial charge >= 0.3 is 0 Å². The second-order valence-electron chi connectivity index (χ2n) is 6.74. The molecule has 0 bridgehead atoms. The zero-order valence-corrected chi connectivity index (χ0v) is 14.4. The molecule has 22 heavy (non-hydrogen) atoms. The molecule has 6 nitrogen and oxygen atoms in total. The van der Waals surface area contributed by atoms with Crippen LogP contribution in [0.15, 0.2) is 10.2 Å². The Balaban J connectivity index is 1.97. The van der Waals surface area contributed by atoms with Crippen LogP contribution in [0.25, 0.3) is 0 Å². The summed E-state index contributed by atoms with van der Waals surface area (Å²) in [4.78, 5) is 9.19. The van der Waals surface area contributed by atoms with E-state index in [-0.39, 0.29) is 5.41 Å². The van der Waals surface area contributed by atoms with Gasteiger partial charge in [0.15, 0.2) is 5.82 Å². The van der Waals surface area contributed by atoms with E-state index in [0.717, 1.165) is 29.5 Å². The van der Waals surface area contributed by atoms with Crippen molar-refractivity contribution < 1.29 is 0 Å². The van der Waals surface area contributed by atoms with Gasteiger partial charge in [0, 0.05) is 16.7 Å². The average molecular weight is 318 g/mol. The first kappa shape index (κ1) is 15.3. The van der Waals surface area contributed by atoms with Crippen molar-refractivity contribution in [1.29, 1.82) is 0 Å². The summed E-state index contributed by atoms with van der Waals surface area (Å²) in [5.41, 5.74) is 2.30. The molecule has 7 heteroatoms. The summed E-state index contributed by atoms with van der Waals surface area (Å²) in [5.74, 6) is 7.76. The molecule has 0 spiro atoms. The van der Waals surface area contributed by atoms with Crippen molar-refractivity contribution in [3.63, 3.8) is 0 Å². The van der Waals surface area contributed by atoms with Crippen molar-refractivity contribution in [3.05, 3.63) is 22.9 Å². The predicted molar refractivity (Wildman–Crippen MR) is 86.4 cm³/mol. The van der Waals surface area contributed by atoms with E-state index in [1.807, 2.05) is 6.92 Å². The molecule has 1 aliphatic carbocycles. The third-order valence-corrected chi connectivity index (χ3v) is 4.77. The lowest BCUT2D eigenvalue weighted by Gasteiger charge is -2.18. The van der Waals surface area contributed by atoms with Crippen molar-refractivity contribution in [2.75, 3.05) is 5.84 Å². The van der Waals surface area contributed by atoms with E-state index >= 15 is 0 Å². The first-order valence-electron chi connectivity index (χ1n) is 7.61. The van der Waals surface area contributed by atoms with Crippen LogP contribution in [-0.2, 0) is 18.3 Å². The van der Waals surface area contributed by atoms with Crippen molar-refractivity contribution >= 4 is 11.8 Å². The maximum absolute atomic E-state index is 6.18. The highest BCUT2D eigenvalue weighted by molar-refractivity contribution is 7.99. The molecule has 1 aliphatic rings. The Morgan fingerprint density at radius 3 is 2.50 bits per heavy atom. The summed E-state index contributed by atoms with van der Waals surface area (Å²) in [6.07, 6.45) is 4.46. The zero-order valence-electron chi connectivity index (χ0n) is 13.6. The summed E-state index contributed by atoms with van der Waals surface area (Å²) in [6, 6.07) is 0. The Morgan fingerprint density at radius 1 is 1.09 bits per heavy atom. The lowest BCUT2D eigenvalue weighted by molar-refractivity contribution is 0.523. The van der Waals surface area contributed by atoms with E-state index < -0.39 is 0 Å². The highest BCUT2D eigenvalue weighted by Gasteiger charge is 2.25. The van der Waals surface area contributed by atoms with Crippen LogP contribution >= 0.6 is 11.8 Å². The number of aromatic nitrogens is 5. The number of aryl methyl sites for hydroxylation is 2. The summed E-state index contributed by atoms with van der Waals surface area (Å²) in [6.45, 7) is 8.16. The van der Waals surface area contributed by atoms with E-state index in [0.29, 0.717) is 5.16 Å². The Hall–Kier alpha value is -1.63. The van der Waals surface area contributed by atoms with E-state index in [4.69, 9.17) is 5.84 Å².